The van der Waals surface area contributed by atoms with Gasteiger partial charge in [-0.25, -0.2) is 4.39 Å². The van der Waals surface area contributed by atoms with Crippen molar-refractivity contribution in [2.45, 2.75) is 25.9 Å². The van der Waals surface area contributed by atoms with Crippen molar-refractivity contribution in [1.82, 2.24) is 0 Å². The normalized spacial score (nSPS) is 16.6. The number of aryl methyl sites for hydroxylation is 1. The first-order valence-corrected chi connectivity index (χ1v) is 6.91. The number of hydrogen-bond donors (Lipinski definition) is 0. The van der Waals surface area contributed by atoms with Crippen molar-refractivity contribution in [3.63, 3.8) is 0 Å². The molecular weight excluding hydrogens is 255 g/mol. The lowest BCUT2D eigenvalue weighted by Crippen LogP contribution is -2.22. The van der Waals surface area contributed by atoms with Gasteiger partial charge in [0.15, 0.2) is 0 Å². The second-order valence-corrected chi connectivity index (χ2v) is 5.00. The summed E-state index contributed by atoms with van der Waals surface area (Å²) in [5, 5.41) is 0. The third kappa shape index (κ3) is 2.77. The van der Waals surface area contributed by atoms with Crippen LogP contribution in [0.4, 0.5) is 4.39 Å². The average molecular weight is 272 g/mol. The summed E-state index contributed by atoms with van der Waals surface area (Å²) in [7, 11) is 0. The highest BCUT2D eigenvalue weighted by atomic mass is 19.1. The smallest absolute Gasteiger partial charge is 0.137 e. The molecule has 3 heteroatoms. The quantitative estimate of drug-likeness (QED) is 0.843. The summed E-state index contributed by atoms with van der Waals surface area (Å²) in [6, 6.07) is 12.7. The summed E-state index contributed by atoms with van der Waals surface area (Å²) in [5.41, 5.74) is 2.21. The van der Waals surface area contributed by atoms with Crippen molar-refractivity contribution in [2.24, 2.45) is 0 Å². The second-order valence-electron chi connectivity index (χ2n) is 5.00. The Bertz CT molecular complexity index is 592. The maximum absolute atomic E-state index is 13.1. The summed E-state index contributed by atoms with van der Waals surface area (Å²) in [4.78, 5) is 0. The van der Waals surface area contributed by atoms with E-state index in [-0.39, 0.29) is 11.9 Å². The zero-order valence-corrected chi connectivity index (χ0v) is 11.4. The van der Waals surface area contributed by atoms with Crippen LogP contribution in [0.2, 0.25) is 0 Å². The first-order valence-electron chi connectivity index (χ1n) is 6.91. The monoisotopic (exact) mass is 272 g/mol. The molecule has 1 aliphatic rings. The van der Waals surface area contributed by atoms with E-state index in [2.05, 4.69) is 19.1 Å². The predicted octanol–water partition coefficient (Wildman–Crippen LogP) is 3.77. The van der Waals surface area contributed by atoms with Crippen LogP contribution in [0.25, 0.3) is 0 Å². The number of hydrogen-bond acceptors (Lipinski definition) is 2. The highest BCUT2D eigenvalue weighted by Gasteiger charge is 2.23. The maximum Gasteiger partial charge on any atom is 0.137 e. The van der Waals surface area contributed by atoms with Gasteiger partial charge in [0, 0.05) is 12.0 Å². The third-order valence-electron chi connectivity index (χ3n) is 3.53. The summed E-state index contributed by atoms with van der Waals surface area (Å²) >= 11 is 0. The fourth-order valence-electron chi connectivity index (χ4n) is 2.39. The first kappa shape index (κ1) is 13.0. The van der Waals surface area contributed by atoms with Gasteiger partial charge in [-0.2, -0.15) is 0 Å². The molecule has 20 heavy (non-hydrogen) atoms. The molecule has 0 amide bonds. The minimum atomic E-state index is -0.218. The van der Waals surface area contributed by atoms with Crippen molar-refractivity contribution in [1.29, 1.82) is 0 Å². The van der Waals surface area contributed by atoms with Gasteiger partial charge in [0.2, 0.25) is 0 Å². The lowest BCUT2D eigenvalue weighted by Gasteiger charge is -2.12. The molecule has 0 aromatic heterocycles. The van der Waals surface area contributed by atoms with Gasteiger partial charge in [0.1, 0.15) is 30.0 Å². The Morgan fingerprint density at radius 2 is 2.00 bits per heavy atom. The van der Waals surface area contributed by atoms with Gasteiger partial charge < -0.3 is 9.47 Å². The number of fused-ring (bicyclic) bond motifs is 1. The van der Waals surface area contributed by atoms with Crippen LogP contribution in [0.15, 0.2) is 42.5 Å². The highest BCUT2D eigenvalue weighted by Crippen LogP contribution is 2.29. The van der Waals surface area contributed by atoms with E-state index in [9.17, 15) is 4.39 Å². The second kappa shape index (κ2) is 5.53. The van der Waals surface area contributed by atoms with Gasteiger partial charge in [0.05, 0.1) is 0 Å². The minimum absolute atomic E-state index is 0.0438. The van der Waals surface area contributed by atoms with Gasteiger partial charge >= 0.3 is 0 Å². The molecule has 2 aromatic rings. The topological polar surface area (TPSA) is 18.5 Å². The molecule has 1 atom stereocenters. The Hall–Kier alpha value is -2.03. The molecule has 0 aliphatic carbocycles. The third-order valence-corrected chi connectivity index (χ3v) is 3.53. The highest BCUT2D eigenvalue weighted by molar-refractivity contribution is 5.38. The van der Waals surface area contributed by atoms with Gasteiger partial charge in [-0.3, -0.25) is 0 Å². The fourth-order valence-corrected chi connectivity index (χ4v) is 2.39. The molecule has 0 bridgehead atoms. The molecule has 3 rings (SSSR count). The predicted molar refractivity (Wildman–Crippen MR) is 75.8 cm³/mol. The first-order chi connectivity index (χ1) is 9.74. The van der Waals surface area contributed by atoms with Crippen LogP contribution >= 0.6 is 0 Å². The zero-order valence-electron chi connectivity index (χ0n) is 11.4. The van der Waals surface area contributed by atoms with Crippen molar-refractivity contribution in [3.05, 3.63) is 59.4 Å². The molecule has 2 aromatic carbocycles. The van der Waals surface area contributed by atoms with Gasteiger partial charge in [-0.15, -0.1) is 0 Å². The Balaban J connectivity index is 1.58. The van der Waals surface area contributed by atoms with Crippen LogP contribution in [-0.4, -0.2) is 12.7 Å². The molecule has 1 heterocycles. The summed E-state index contributed by atoms with van der Waals surface area (Å²) < 4.78 is 24.6. The van der Waals surface area contributed by atoms with E-state index in [0.29, 0.717) is 13.0 Å². The molecule has 0 N–H and O–H groups in total. The Labute approximate surface area is 118 Å². The van der Waals surface area contributed by atoms with Crippen molar-refractivity contribution >= 4 is 0 Å². The molecule has 0 saturated carbocycles. The number of rotatable bonds is 4. The Morgan fingerprint density at radius 1 is 1.20 bits per heavy atom. The molecule has 104 valence electrons. The zero-order chi connectivity index (χ0) is 13.9. The van der Waals surface area contributed by atoms with Crippen LogP contribution < -0.4 is 9.47 Å². The van der Waals surface area contributed by atoms with Crippen LogP contribution in [0.1, 0.15) is 18.1 Å². The number of ether oxygens (including phenoxy) is 2. The standard InChI is InChI=1S/C17H17FO2/c1-2-12-3-6-15(7-4-12)19-11-16-10-13-9-14(18)5-8-17(13)20-16/h3-9,16H,2,10-11H2,1H3. The average Bonchev–Trinajstić information content (AvgIpc) is 2.87. The SMILES string of the molecule is CCc1ccc(OCC2Cc3cc(F)ccc3O2)cc1. The van der Waals surface area contributed by atoms with Crippen molar-refractivity contribution in [3.8, 4) is 11.5 Å². The van der Waals surface area contributed by atoms with Gasteiger partial charge in [-0.1, -0.05) is 19.1 Å². The number of halogens is 1. The van der Waals surface area contributed by atoms with Crippen LogP contribution in [0.3, 0.4) is 0 Å². The van der Waals surface area contributed by atoms with Crippen LogP contribution in [0.5, 0.6) is 11.5 Å². The maximum atomic E-state index is 13.1. The molecule has 0 radical (unpaired) electrons. The van der Waals surface area contributed by atoms with Gasteiger partial charge in [-0.05, 0) is 42.3 Å². The van der Waals surface area contributed by atoms with Gasteiger partial charge in [0.25, 0.3) is 0 Å². The lowest BCUT2D eigenvalue weighted by atomic mass is 10.1. The molecule has 1 aliphatic heterocycles. The minimum Gasteiger partial charge on any atom is -0.490 e. The van der Waals surface area contributed by atoms with E-state index >= 15 is 0 Å². The van der Waals surface area contributed by atoms with Crippen molar-refractivity contribution in [2.75, 3.05) is 6.61 Å². The lowest BCUT2D eigenvalue weighted by molar-refractivity contribution is 0.148. The molecular formula is C17H17FO2. The van der Waals surface area contributed by atoms with Crippen LogP contribution in [-0.2, 0) is 12.8 Å². The van der Waals surface area contributed by atoms with Crippen LogP contribution in [0, 0.1) is 5.82 Å². The molecule has 0 fully saturated rings. The van der Waals surface area contributed by atoms with E-state index in [1.54, 1.807) is 6.07 Å². The van der Waals surface area contributed by atoms with E-state index < -0.39 is 0 Å². The molecule has 0 saturated heterocycles. The summed E-state index contributed by atoms with van der Waals surface area (Å²) in [6.45, 7) is 2.60. The molecule has 0 spiro atoms. The van der Waals surface area contributed by atoms with E-state index in [4.69, 9.17) is 9.47 Å². The fraction of sp³-hybridized carbons (Fsp3) is 0.294. The number of benzene rings is 2. The van der Waals surface area contributed by atoms with E-state index in [1.807, 2.05) is 12.1 Å². The Kier molecular flexibility index (Phi) is 3.59. The molecule has 2 nitrogen and oxygen atoms in total. The largest absolute Gasteiger partial charge is 0.490 e. The van der Waals surface area contributed by atoms with E-state index in [1.165, 1.54) is 17.7 Å². The summed E-state index contributed by atoms with van der Waals surface area (Å²) in [5.74, 6) is 1.39. The molecule has 1 unspecified atom stereocenters. The Morgan fingerprint density at radius 3 is 2.75 bits per heavy atom. The summed E-state index contributed by atoms with van der Waals surface area (Å²) in [6.07, 6.45) is 1.67. The van der Waals surface area contributed by atoms with Crippen molar-refractivity contribution < 1.29 is 13.9 Å². The van der Waals surface area contributed by atoms with E-state index in [0.717, 1.165) is 23.5 Å².